The molecule has 2 N–H and O–H groups in total. The Bertz CT molecular complexity index is 570. The molecule has 1 unspecified atom stereocenters. The maximum atomic E-state index is 11.8. The molecular weight excluding hydrogens is 286 g/mol. The van der Waals surface area contributed by atoms with Gasteiger partial charge in [0, 0.05) is 18.5 Å². The normalized spacial score (nSPS) is 28.2. The minimum absolute atomic E-state index is 0.0183. The first-order valence-electron chi connectivity index (χ1n) is 7.16. The van der Waals surface area contributed by atoms with Crippen LogP contribution in [0.15, 0.2) is 24.3 Å². The second-order valence-electron chi connectivity index (χ2n) is 6.04. The van der Waals surface area contributed by atoms with Crippen LogP contribution in [-0.4, -0.2) is 46.9 Å². The van der Waals surface area contributed by atoms with Crippen molar-refractivity contribution in [3.05, 3.63) is 29.8 Å². The van der Waals surface area contributed by atoms with Gasteiger partial charge < -0.3 is 19.8 Å². The summed E-state index contributed by atoms with van der Waals surface area (Å²) in [5.41, 5.74) is -0.262. The lowest BCUT2D eigenvalue weighted by Crippen LogP contribution is -2.55. The first-order chi connectivity index (χ1) is 10.3. The molecule has 6 nitrogen and oxygen atoms in total. The first-order valence-corrected chi connectivity index (χ1v) is 7.16. The van der Waals surface area contributed by atoms with Gasteiger partial charge in [0.25, 0.3) is 0 Å². The Balaban J connectivity index is 2.39. The molecule has 0 radical (unpaired) electrons. The summed E-state index contributed by atoms with van der Waals surface area (Å²) in [6.07, 6.45) is -0.602. The molecule has 120 valence electrons. The molecule has 3 atom stereocenters. The number of benzene rings is 1. The molecule has 1 fully saturated rings. The number of carboxylic acids is 1. The molecule has 1 aliphatic rings. The second kappa shape index (κ2) is 5.87. The Labute approximate surface area is 129 Å². The topological polar surface area (TPSA) is 87.1 Å². The van der Waals surface area contributed by atoms with Crippen LogP contribution in [0.1, 0.15) is 31.7 Å². The number of hydrogen-bond donors (Lipinski definition) is 2. The molecule has 6 heteroatoms. The fourth-order valence-corrected chi connectivity index (χ4v) is 3.16. The fraction of sp³-hybridized carbons (Fsp3) is 0.500. The Hall–Kier alpha value is -2.24. The Morgan fingerprint density at radius 3 is 2.32 bits per heavy atom. The number of nitrogens with zero attached hydrogens (tertiary/aromatic N) is 1. The van der Waals surface area contributed by atoms with Gasteiger partial charge in [0.1, 0.15) is 5.75 Å². The van der Waals surface area contributed by atoms with Crippen LogP contribution in [0, 0.1) is 5.41 Å². The number of rotatable bonds is 3. The lowest BCUT2D eigenvalue weighted by Gasteiger charge is -2.46. The van der Waals surface area contributed by atoms with Crippen molar-refractivity contribution < 1.29 is 24.5 Å². The molecule has 1 aromatic rings. The third-order valence-corrected chi connectivity index (χ3v) is 4.63. The van der Waals surface area contributed by atoms with Gasteiger partial charge in [-0.1, -0.05) is 12.1 Å². The van der Waals surface area contributed by atoms with Crippen molar-refractivity contribution in [2.24, 2.45) is 5.41 Å². The number of carbonyl (C=O) groups is 2. The van der Waals surface area contributed by atoms with E-state index in [1.54, 1.807) is 26.2 Å². The molecule has 1 aliphatic heterocycles. The zero-order valence-electron chi connectivity index (χ0n) is 12.9. The van der Waals surface area contributed by atoms with E-state index in [1.807, 2.05) is 19.1 Å². The summed E-state index contributed by atoms with van der Waals surface area (Å²) in [5, 5.41) is 18.9. The molecule has 0 aliphatic carbocycles. The highest BCUT2D eigenvalue weighted by Gasteiger charge is 2.49. The monoisotopic (exact) mass is 307 g/mol. The zero-order valence-corrected chi connectivity index (χ0v) is 12.9. The molecule has 0 saturated carbocycles. The zero-order chi connectivity index (χ0) is 16.5. The highest BCUT2D eigenvalue weighted by Crippen LogP contribution is 2.45. The molecule has 2 rings (SSSR count). The third-order valence-electron chi connectivity index (χ3n) is 4.63. The minimum atomic E-state index is -1.15. The van der Waals surface area contributed by atoms with Crippen LogP contribution < -0.4 is 4.74 Å². The van der Waals surface area contributed by atoms with Crippen LogP contribution in [-0.2, 0) is 4.79 Å². The first kappa shape index (κ1) is 16.1. The maximum absolute atomic E-state index is 11.8. The van der Waals surface area contributed by atoms with Gasteiger partial charge in [0.2, 0.25) is 0 Å². The van der Waals surface area contributed by atoms with E-state index in [4.69, 9.17) is 4.74 Å². The number of carboxylic acid groups (broad SMARTS) is 2. The number of methoxy groups -OCH3 is 1. The number of amides is 1. The Morgan fingerprint density at radius 1 is 1.27 bits per heavy atom. The number of aliphatic carboxylic acids is 1. The van der Waals surface area contributed by atoms with Crippen molar-refractivity contribution in [1.82, 2.24) is 4.90 Å². The number of likely N-dealkylation sites (tertiary alicyclic amines) is 1. The van der Waals surface area contributed by atoms with Crippen molar-refractivity contribution in [1.29, 1.82) is 0 Å². The van der Waals surface area contributed by atoms with Crippen LogP contribution in [0.25, 0.3) is 0 Å². The predicted octanol–water partition coefficient (Wildman–Crippen LogP) is 2.64. The van der Waals surface area contributed by atoms with Crippen LogP contribution in [0.5, 0.6) is 5.75 Å². The Morgan fingerprint density at radius 2 is 1.86 bits per heavy atom. The lowest BCUT2D eigenvalue weighted by atomic mass is 9.67. The van der Waals surface area contributed by atoms with Gasteiger partial charge in [-0.3, -0.25) is 4.79 Å². The van der Waals surface area contributed by atoms with Gasteiger partial charge in [-0.05, 0) is 38.0 Å². The van der Waals surface area contributed by atoms with E-state index < -0.39 is 17.5 Å². The largest absolute Gasteiger partial charge is 0.497 e. The van der Waals surface area contributed by atoms with E-state index in [0.29, 0.717) is 12.2 Å². The average molecular weight is 307 g/mol. The van der Waals surface area contributed by atoms with Crippen LogP contribution in [0.4, 0.5) is 4.79 Å². The van der Waals surface area contributed by atoms with Gasteiger partial charge in [-0.25, -0.2) is 4.79 Å². The summed E-state index contributed by atoms with van der Waals surface area (Å²) in [5.74, 6) is -0.523. The number of hydrogen-bond acceptors (Lipinski definition) is 3. The summed E-state index contributed by atoms with van der Waals surface area (Å²) >= 11 is 0. The third kappa shape index (κ3) is 2.73. The summed E-state index contributed by atoms with van der Waals surface area (Å²) in [4.78, 5) is 24.3. The molecule has 0 bridgehead atoms. The molecule has 1 aromatic carbocycles. The van der Waals surface area contributed by atoms with Crippen molar-refractivity contribution in [2.45, 2.75) is 32.2 Å². The second-order valence-corrected chi connectivity index (χ2v) is 6.04. The van der Waals surface area contributed by atoms with E-state index in [1.165, 1.54) is 4.90 Å². The molecule has 1 saturated heterocycles. The number of piperidine rings is 1. The van der Waals surface area contributed by atoms with Gasteiger partial charge >= 0.3 is 12.1 Å². The van der Waals surface area contributed by atoms with Crippen molar-refractivity contribution in [3.63, 3.8) is 0 Å². The number of ether oxygens (including phenoxy) is 1. The van der Waals surface area contributed by atoms with Gasteiger partial charge in [0.15, 0.2) is 0 Å². The van der Waals surface area contributed by atoms with E-state index >= 15 is 0 Å². The standard InChI is InChI=1S/C16H21NO5/c1-10-8-13(11-4-6-12(22-3)7-5-11)16(2,14(18)19)9-17(10)15(20)21/h4-7,10,13H,8-9H2,1-3H3,(H,18,19)(H,20,21)/t10-,13-,16?/m1/s1. The smallest absolute Gasteiger partial charge is 0.407 e. The Kier molecular flexibility index (Phi) is 4.30. The van der Waals surface area contributed by atoms with Crippen LogP contribution >= 0.6 is 0 Å². The SMILES string of the molecule is COc1ccc([C@H]2C[C@@H](C)N(C(=O)O)CC2(C)C(=O)O)cc1. The van der Waals surface area contributed by atoms with Gasteiger partial charge in [-0.15, -0.1) is 0 Å². The lowest BCUT2D eigenvalue weighted by molar-refractivity contribution is -0.153. The van der Waals surface area contributed by atoms with Gasteiger partial charge in [0.05, 0.1) is 12.5 Å². The molecule has 0 aromatic heterocycles. The quantitative estimate of drug-likeness (QED) is 0.896. The van der Waals surface area contributed by atoms with E-state index in [0.717, 1.165) is 5.56 Å². The molecule has 1 amide bonds. The average Bonchev–Trinajstić information content (AvgIpc) is 2.49. The predicted molar refractivity (Wildman–Crippen MR) is 80.3 cm³/mol. The van der Waals surface area contributed by atoms with Gasteiger partial charge in [-0.2, -0.15) is 0 Å². The summed E-state index contributed by atoms with van der Waals surface area (Å²) in [7, 11) is 1.57. The summed E-state index contributed by atoms with van der Waals surface area (Å²) in [6, 6.07) is 7.08. The van der Waals surface area contributed by atoms with E-state index in [9.17, 15) is 19.8 Å². The summed E-state index contributed by atoms with van der Waals surface area (Å²) in [6.45, 7) is 3.41. The fourth-order valence-electron chi connectivity index (χ4n) is 3.16. The molecule has 22 heavy (non-hydrogen) atoms. The minimum Gasteiger partial charge on any atom is -0.497 e. The molecule has 1 heterocycles. The van der Waals surface area contributed by atoms with Crippen molar-refractivity contribution in [2.75, 3.05) is 13.7 Å². The van der Waals surface area contributed by atoms with Crippen molar-refractivity contribution >= 4 is 12.1 Å². The van der Waals surface area contributed by atoms with E-state index in [-0.39, 0.29) is 18.5 Å². The summed E-state index contributed by atoms with van der Waals surface area (Å²) < 4.78 is 5.12. The molecule has 0 spiro atoms. The highest BCUT2D eigenvalue weighted by atomic mass is 16.5. The molecular formula is C16H21NO5. The van der Waals surface area contributed by atoms with E-state index in [2.05, 4.69) is 0 Å². The maximum Gasteiger partial charge on any atom is 0.407 e. The van der Waals surface area contributed by atoms with Crippen molar-refractivity contribution in [3.8, 4) is 5.75 Å². The highest BCUT2D eigenvalue weighted by molar-refractivity contribution is 5.78. The van der Waals surface area contributed by atoms with Crippen LogP contribution in [0.2, 0.25) is 0 Å². The van der Waals surface area contributed by atoms with Crippen LogP contribution in [0.3, 0.4) is 0 Å².